The Morgan fingerprint density at radius 1 is 1.15 bits per heavy atom. The maximum absolute atomic E-state index is 13.8. The first-order valence-corrected chi connectivity index (χ1v) is 13.6. The molecule has 11 heteroatoms. The Bertz CT molecular complexity index is 1330. The number of aliphatic hydroxyl groups is 1. The number of halogens is 1. The molecule has 5 rings (SSSR count). The third-order valence-corrected chi connectivity index (χ3v) is 6.95. The number of nitrogens with one attached hydrogen (secondary N) is 1. The van der Waals surface area contributed by atoms with Gasteiger partial charge in [-0.05, 0) is 29.3 Å². The Balaban J connectivity index is 1.25. The van der Waals surface area contributed by atoms with Crippen LogP contribution >= 0.6 is 0 Å². The molecule has 2 aliphatic heterocycles. The second-order valence-electron chi connectivity index (χ2n) is 10.5. The van der Waals surface area contributed by atoms with Crippen molar-refractivity contribution in [1.82, 2.24) is 20.2 Å². The molecule has 1 unspecified atom stereocenters. The van der Waals surface area contributed by atoms with E-state index in [4.69, 9.17) is 24.3 Å². The molecule has 0 bridgehead atoms. The SMILES string of the molecule is CC1(CNC(=O)Cc2ccccc2)COC(N2CN=C(c3ccnc(OCCCO)n3)C2c2ccc(F)cc2)OC1. The van der Waals surface area contributed by atoms with Crippen LogP contribution in [0.4, 0.5) is 4.39 Å². The predicted octanol–water partition coefficient (Wildman–Crippen LogP) is 2.88. The lowest BCUT2D eigenvalue weighted by Crippen LogP contribution is -2.52. The van der Waals surface area contributed by atoms with E-state index in [0.29, 0.717) is 44.0 Å². The van der Waals surface area contributed by atoms with Crippen molar-refractivity contribution in [2.24, 2.45) is 10.4 Å². The minimum Gasteiger partial charge on any atom is -0.463 e. The molecule has 41 heavy (non-hydrogen) atoms. The molecule has 0 spiro atoms. The van der Waals surface area contributed by atoms with Crippen LogP contribution in [0.3, 0.4) is 0 Å². The molecule has 216 valence electrons. The molecule has 2 aliphatic rings. The van der Waals surface area contributed by atoms with Gasteiger partial charge in [-0.15, -0.1) is 0 Å². The van der Waals surface area contributed by atoms with Crippen molar-refractivity contribution >= 4 is 11.6 Å². The normalized spacial score (nSPS) is 22.8. The van der Waals surface area contributed by atoms with Crippen LogP contribution in [0.25, 0.3) is 0 Å². The molecule has 0 aliphatic carbocycles. The number of aliphatic imine (C=N–C) groups is 1. The topological polar surface area (TPSA) is 118 Å². The zero-order chi connectivity index (χ0) is 28.7. The molecule has 0 radical (unpaired) electrons. The third-order valence-electron chi connectivity index (χ3n) is 6.95. The number of nitrogens with zero attached hydrogens (tertiary/aromatic N) is 4. The van der Waals surface area contributed by atoms with E-state index in [-0.39, 0.29) is 37.6 Å². The summed E-state index contributed by atoms with van der Waals surface area (Å²) in [4.78, 5) is 27.9. The van der Waals surface area contributed by atoms with Gasteiger partial charge in [0.25, 0.3) is 0 Å². The summed E-state index contributed by atoms with van der Waals surface area (Å²) in [5, 5.41) is 12.0. The van der Waals surface area contributed by atoms with Crippen LogP contribution in [0, 0.1) is 11.2 Å². The summed E-state index contributed by atoms with van der Waals surface area (Å²) in [6.07, 6.45) is 1.66. The van der Waals surface area contributed by atoms with Gasteiger partial charge in [-0.25, -0.2) is 14.3 Å². The molecule has 1 saturated heterocycles. The average molecular weight is 564 g/mol. The zero-order valence-electron chi connectivity index (χ0n) is 22.9. The summed E-state index contributed by atoms with van der Waals surface area (Å²) in [6, 6.07) is 17.3. The van der Waals surface area contributed by atoms with Gasteiger partial charge in [0.1, 0.15) is 5.82 Å². The average Bonchev–Trinajstić information content (AvgIpc) is 3.43. The second-order valence-corrected chi connectivity index (χ2v) is 10.5. The van der Waals surface area contributed by atoms with Crippen molar-refractivity contribution < 1.29 is 28.5 Å². The van der Waals surface area contributed by atoms with Crippen LogP contribution in [-0.4, -0.2) is 77.6 Å². The summed E-state index contributed by atoms with van der Waals surface area (Å²) in [5.41, 5.74) is 2.57. The smallest absolute Gasteiger partial charge is 0.316 e. The monoisotopic (exact) mass is 563 g/mol. The van der Waals surface area contributed by atoms with E-state index >= 15 is 0 Å². The summed E-state index contributed by atoms with van der Waals surface area (Å²) >= 11 is 0. The van der Waals surface area contributed by atoms with Crippen LogP contribution in [-0.2, 0) is 20.7 Å². The van der Waals surface area contributed by atoms with Gasteiger partial charge in [0.15, 0.2) is 0 Å². The first-order chi connectivity index (χ1) is 19.9. The quantitative estimate of drug-likeness (QED) is 0.342. The van der Waals surface area contributed by atoms with E-state index < -0.39 is 17.9 Å². The van der Waals surface area contributed by atoms with Crippen LogP contribution in [0.5, 0.6) is 6.01 Å². The molecule has 10 nitrogen and oxygen atoms in total. The minimum atomic E-state index is -0.707. The number of hydrogen-bond donors (Lipinski definition) is 2. The maximum atomic E-state index is 13.8. The van der Waals surface area contributed by atoms with E-state index in [1.54, 1.807) is 24.4 Å². The number of hydrogen-bond acceptors (Lipinski definition) is 9. The van der Waals surface area contributed by atoms with Gasteiger partial charge in [0, 0.05) is 31.2 Å². The molecule has 3 heterocycles. The fourth-order valence-electron chi connectivity index (χ4n) is 4.75. The number of carbonyl (C=O) groups is 1. The van der Waals surface area contributed by atoms with E-state index in [0.717, 1.165) is 11.1 Å². The van der Waals surface area contributed by atoms with Crippen molar-refractivity contribution in [3.63, 3.8) is 0 Å². The number of aromatic nitrogens is 2. The minimum absolute atomic E-state index is 0.00842. The number of aliphatic hydroxyl groups excluding tert-OH is 1. The van der Waals surface area contributed by atoms with Crippen LogP contribution in [0.1, 0.15) is 36.2 Å². The largest absolute Gasteiger partial charge is 0.463 e. The molecule has 1 atom stereocenters. The summed E-state index contributed by atoms with van der Waals surface area (Å²) in [7, 11) is 0. The molecular weight excluding hydrogens is 529 g/mol. The molecule has 0 saturated carbocycles. The lowest BCUT2D eigenvalue weighted by atomic mass is 9.92. The van der Waals surface area contributed by atoms with Crippen LogP contribution in [0.15, 0.2) is 71.9 Å². The number of carbonyl (C=O) groups excluding carboxylic acids is 1. The Labute approximate surface area is 238 Å². The van der Waals surface area contributed by atoms with E-state index in [9.17, 15) is 9.18 Å². The van der Waals surface area contributed by atoms with Crippen molar-refractivity contribution in [3.05, 3.63) is 89.5 Å². The molecular formula is C30H34FN5O5. The van der Waals surface area contributed by atoms with Gasteiger partial charge >= 0.3 is 6.01 Å². The van der Waals surface area contributed by atoms with Gasteiger partial charge in [-0.2, -0.15) is 4.98 Å². The van der Waals surface area contributed by atoms with Gasteiger partial charge in [-0.1, -0.05) is 49.4 Å². The third kappa shape index (κ3) is 7.31. The molecule has 2 N–H and O–H groups in total. The highest BCUT2D eigenvalue weighted by Gasteiger charge is 2.42. The summed E-state index contributed by atoms with van der Waals surface area (Å²) in [6.45, 7) is 3.72. The van der Waals surface area contributed by atoms with Gasteiger partial charge < -0.3 is 24.6 Å². The standard InChI is InChI=1S/C30H34FN5O5/c1-30(17-33-25(38)16-21-6-3-2-4-7-21)18-40-29(41-19-30)36-20-34-26(27(36)22-8-10-23(31)11-9-22)24-12-13-32-28(35-24)39-15-5-14-37/h2-4,6-13,27,29,37H,5,14-20H2,1H3,(H,33,38). The lowest BCUT2D eigenvalue weighted by molar-refractivity contribution is -0.286. The molecule has 1 amide bonds. The molecule has 1 fully saturated rings. The second kappa shape index (κ2) is 13.3. The summed E-state index contributed by atoms with van der Waals surface area (Å²) < 4.78 is 31.8. The van der Waals surface area contributed by atoms with Gasteiger partial charge in [0.05, 0.1) is 50.4 Å². The highest BCUT2D eigenvalue weighted by atomic mass is 19.1. The Kier molecular flexibility index (Phi) is 9.30. The first kappa shape index (κ1) is 28.7. The number of benzene rings is 2. The highest BCUT2D eigenvalue weighted by molar-refractivity contribution is 6.04. The fraction of sp³-hybridized carbons (Fsp3) is 0.400. The Hall–Kier alpha value is -3.77. The molecule has 2 aromatic carbocycles. The van der Waals surface area contributed by atoms with E-state index in [2.05, 4.69) is 15.3 Å². The number of amides is 1. The van der Waals surface area contributed by atoms with Crippen molar-refractivity contribution in [3.8, 4) is 6.01 Å². The molecule has 1 aromatic heterocycles. The van der Waals surface area contributed by atoms with Crippen LogP contribution in [0.2, 0.25) is 0 Å². The number of ether oxygens (including phenoxy) is 3. The maximum Gasteiger partial charge on any atom is 0.316 e. The van der Waals surface area contributed by atoms with Crippen LogP contribution < -0.4 is 10.1 Å². The van der Waals surface area contributed by atoms with Gasteiger partial charge in [0.2, 0.25) is 12.3 Å². The number of rotatable bonds is 11. The lowest BCUT2D eigenvalue weighted by Gasteiger charge is -2.41. The Morgan fingerprint density at radius 3 is 2.63 bits per heavy atom. The zero-order valence-corrected chi connectivity index (χ0v) is 22.9. The van der Waals surface area contributed by atoms with Crippen molar-refractivity contribution in [2.45, 2.75) is 32.2 Å². The first-order valence-electron chi connectivity index (χ1n) is 13.6. The summed E-state index contributed by atoms with van der Waals surface area (Å²) in [5.74, 6) is -0.397. The van der Waals surface area contributed by atoms with Gasteiger partial charge in [-0.3, -0.25) is 9.79 Å². The van der Waals surface area contributed by atoms with Crippen molar-refractivity contribution in [1.29, 1.82) is 0 Å². The van der Waals surface area contributed by atoms with Crippen molar-refractivity contribution in [2.75, 3.05) is 39.6 Å². The highest BCUT2D eigenvalue weighted by Crippen LogP contribution is 2.35. The van der Waals surface area contributed by atoms with E-state index in [1.807, 2.05) is 42.2 Å². The molecule has 3 aromatic rings. The fourth-order valence-corrected chi connectivity index (χ4v) is 4.75. The Morgan fingerprint density at radius 2 is 1.90 bits per heavy atom. The predicted molar refractivity (Wildman–Crippen MR) is 149 cm³/mol. The van der Waals surface area contributed by atoms with E-state index in [1.165, 1.54) is 12.1 Å².